The minimum Gasteiger partial charge on any atom is -0.356 e. The number of nitrogens with one attached hydrogen (secondary N) is 1. The van der Waals surface area contributed by atoms with Crippen LogP contribution in [0.1, 0.15) is 20.3 Å². The van der Waals surface area contributed by atoms with Gasteiger partial charge in [-0.3, -0.25) is 9.10 Å². The van der Waals surface area contributed by atoms with Gasteiger partial charge in [0.05, 0.1) is 11.9 Å². The van der Waals surface area contributed by atoms with Crippen molar-refractivity contribution in [2.24, 2.45) is 5.92 Å². The Balaban J connectivity index is 2.75. The zero-order chi connectivity index (χ0) is 16.0. The van der Waals surface area contributed by atoms with Crippen molar-refractivity contribution in [1.29, 1.82) is 0 Å². The van der Waals surface area contributed by atoms with E-state index >= 15 is 0 Å². The summed E-state index contributed by atoms with van der Waals surface area (Å²) in [7, 11) is -3.47. The molecule has 0 aromatic heterocycles. The standard InChI is InChI=1S/C14H21ClN2O3S/c1-11(2)10-16-14(18)7-8-17(21(3,19)20)13-6-4-5-12(15)9-13/h4-6,9,11H,7-8,10H2,1-3H3,(H,16,18). The van der Waals surface area contributed by atoms with E-state index in [1.54, 1.807) is 24.3 Å². The molecule has 0 atom stereocenters. The Morgan fingerprint density at radius 2 is 2.05 bits per heavy atom. The minimum absolute atomic E-state index is 0.0864. The number of rotatable bonds is 7. The molecule has 0 radical (unpaired) electrons. The van der Waals surface area contributed by atoms with Crippen LogP contribution in [-0.4, -0.2) is 33.7 Å². The predicted octanol–water partition coefficient (Wildman–Crippen LogP) is 2.27. The average molecular weight is 333 g/mol. The summed E-state index contributed by atoms with van der Waals surface area (Å²) in [5.41, 5.74) is 0.460. The number of hydrogen-bond acceptors (Lipinski definition) is 3. The van der Waals surface area contributed by atoms with Gasteiger partial charge < -0.3 is 5.32 Å². The van der Waals surface area contributed by atoms with Crippen LogP contribution in [0.25, 0.3) is 0 Å². The van der Waals surface area contributed by atoms with Crippen LogP contribution in [0.15, 0.2) is 24.3 Å². The Morgan fingerprint density at radius 3 is 2.57 bits per heavy atom. The number of amides is 1. The summed E-state index contributed by atoms with van der Waals surface area (Å²) in [6, 6.07) is 6.56. The molecule has 7 heteroatoms. The lowest BCUT2D eigenvalue weighted by atomic mass is 10.2. The highest BCUT2D eigenvalue weighted by Gasteiger charge is 2.18. The number of halogens is 1. The molecule has 1 N–H and O–H groups in total. The van der Waals surface area contributed by atoms with Crippen LogP contribution in [0.3, 0.4) is 0 Å². The fraction of sp³-hybridized carbons (Fsp3) is 0.500. The lowest BCUT2D eigenvalue weighted by molar-refractivity contribution is -0.121. The molecule has 1 amide bonds. The van der Waals surface area contributed by atoms with Gasteiger partial charge in [-0.2, -0.15) is 0 Å². The molecule has 1 aromatic rings. The van der Waals surface area contributed by atoms with E-state index in [2.05, 4.69) is 5.32 Å². The van der Waals surface area contributed by atoms with Crippen LogP contribution in [0.4, 0.5) is 5.69 Å². The maximum Gasteiger partial charge on any atom is 0.232 e. The van der Waals surface area contributed by atoms with E-state index in [0.717, 1.165) is 6.26 Å². The van der Waals surface area contributed by atoms with Crippen LogP contribution in [0.2, 0.25) is 5.02 Å². The van der Waals surface area contributed by atoms with Crippen molar-refractivity contribution in [2.45, 2.75) is 20.3 Å². The van der Waals surface area contributed by atoms with Gasteiger partial charge in [-0.15, -0.1) is 0 Å². The van der Waals surface area contributed by atoms with Gasteiger partial charge in [-0.25, -0.2) is 8.42 Å². The Morgan fingerprint density at radius 1 is 1.38 bits per heavy atom. The van der Waals surface area contributed by atoms with Crippen LogP contribution in [0, 0.1) is 5.92 Å². The number of sulfonamides is 1. The molecule has 0 spiro atoms. The Bertz CT molecular complexity index is 588. The highest BCUT2D eigenvalue weighted by atomic mass is 35.5. The molecule has 0 saturated heterocycles. The summed E-state index contributed by atoms with van der Waals surface area (Å²) in [6.07, 6.45) is 1.21. The third kappa shape index (κ3) is 6.35. The van der Waals surface area contributed by atoms with Crippen LogP contribution in [0.5, 0.6) is 0 Å². The third-order valence-corrected chi connectivity index (χ3v) is 4.18. The largest absolute Gasteiger partial charge is 0.356 e. The second-order valence-electron chi connectivity index (χ2n) is 5.26. The smallest absolute Gasteiger partial charge is 0.232 e. The van der Waals surface area contributed by atoms with Crippen molar-refractivity contribution in [1.82, 2.24) is 5.32 Å². The molecular weight excluding hydrogens is 312 g/mol. The van der Waals surface area contributed by atoms with E-state index in [1.807, 2.05) is 13.8 Å². The second kappa shape index (κ2) is 7.66. The SMILES string of the molecule is CC(C)CNC(=O)CCN(c1cccc(Cl)c1)S(C)(=O)=O. The number of benzene rings is 1. The lowest BCUT2D eigenvalue weighted by Crippen LogP contribution is -2.35. The second-order valence-corrected chi connectivity index (χ2v) is 7.61. The fourth-order valence-electron chi connectivity index (χ4n) is 1.73. The van der Waals surface area contributed by atoms with E-state index in [1.165, 1.54) is 4.31 Å². The maximum atomic E-state index is 11.9. The Hall–Kier alpha value is -1.27. The number of nitrogens with zero attached hydrogens (tertiary/aromatic N) is 1. The number of hydrogen-bond donors (Lipinski definition) is 1. The quantitative estimate of drug-likeness (QED) is 0.833. The van der Waals surface area contributed by atoms with Gasteiger partial charge in [-0.05, 0) is 24.1 Å². The molecular formula is C14H21ClN2O3S. The van der Waals surface area contributed by atoms with Crippen molar-refractivity contribution in [2.75, 3.05) is 23.7 Å². The van der Waals surface area contributed by atoms with Gasteiger partial charge in [0.1, 0.15) is 0 Å². The highest BCUT2D eigenvalue weighted by Crippen LogP contribution is 2.21. The van der Waals surface area contributed by atoms with Crippen molar-refractivity contribution < 1.29 is 13.2 Å². The molecule has 0 aliphatic heterocycles. The van der Waals surface area contributed by atoms with Crippen molar-refractivity contribution >= 4 is 33.2 Å². The molecule has 0 aliphatic carbocycles. The lowest BCUT2D eigenvalue weighted by Gasteiger charge is -2.22. The number of anilines is 1. The summed E-state index contributed by atoms with van der Waals surface area (Å²) >= 11 is 5.89. The minimum atomic E-state index is -3.47. The van der Waals surface area contributed by atoms with Gasteiger partial charge in [0.15, 0.2) is 0 Å². The molecule has 0 saturated carbocycles. The third-order valence-electron chi connectivity index (χ3n) is 2.75. The van der Waals surface area contributed by atoms with E-state index in [0.29, 0.717) is 23.2 Å². The summed E-state index contributed by atoms with van der Waals surface area (Å²) < 4.78 is 24.9. The number of carbonyl (C=O) groups excluding carboxylic acids is 1. The van der Waals surface area contributed by atoms with Crippen LogP contribution < -0.4 is 9.62 Å². The first-order valence-corrected chi connectivity index (χ1v) is 8.92. The van der Waals surface area contributed by atoms with Gasteiger partial charge >= 0.3 is 0 Å². The van der Waals surface area contributed by atoms with E-state index in [4.69, 9.17) is 11.6 Å². The summed E-state index contributed by atoms with van der Waals surface area (Å²) in [4.78, 5) is 11.7. The average Bonchev–Trinajstić information content (AvgIpc) is 2.35. The van der Waals surface area contributed by atoms with Gasteiger partial charge in [0, 0.05) is 24.5 Å². The summed E-state index contributed by atoms with van der Waals surface area (Å²) in [6.45, 7) is 4.65. The molecule has 0 fully saturated rings. The molecule has 21 heavy (non-hydrogen) atoms. The van der Waals surface area contributed by atoms with Crippen molar-refractivity contribution in [3.8, 4) is 0 Å². The topological polar surface area (TPSA) is 66.5 Å². The molecule has 1 rings (SSSR count). The molecule has 118 valence electrons. The molecule has 0 heterocycles. The zero-order valence-corrected chi connectivity index (χ0v) is 14.0. The van der Waals surface area contributed by atoms with Gasteiger partial charge in [-0.1, -0.05) is 31.5 Å². The highest BCUT2D eigenvalue weighted by molar-refractivity contribution is 7.92. The summed E-state index contributed by atoms with van der Waals surface area (Å²) in [5.74, 6) is 0.187. The van der Waals surface area contributed by atoms with Crippen molar-refractivity contribution in [3.05, 3.63) is 29.3 Å². The first-order valence-electron chi connectivity index (χ1n) is 6.70. The number of carbonyl (C=O) groups is 1. The van der Waals surface area contributed by atoms with E-state index in [9.17, 15) is 13.2 Å². The Labute approximate surface area is 131 Å². The molecule has 5 nitrogen and oxygen atoms in total. The molecule has 0 aliphatic rings. The fourth-order valence-corrected chi connectivity index (χ4v) is 2.83. The first-order chi connectivity index (χ1) is 9.70. The van der Waals surface area contributed by atoms with E-state index < -0.39 is 10.0 Å². The molecule has 0 unspecified atom stereocenters. The van der Waals surface area contributed by atoms with Gasteiger partial charge in [0.2, 0.25) is 15.9 Å². The first kappa shape index (κ1) is 17.8. The zero-order valence-electron chi connectivity index (χ0n) is 12.5. The Kier molecular flexibility index (Phi) is 6.48. The van der Waals surface area contributed by atoms with Crippen LogP contribution in [-0.2, 0) is 14.8 Å². The van der Waals surface area contributed by atoms with Crippen molar-refractivity contribution in [3.63, 3.8) is 0 Å². The normalized spacial score (nSPS) is 11.5. The predicted molar refractivity (Wildman–Crippen MR) is 86.1 cm³/mol. The van der Waals surface area contributed by atoms with E-state index in [-0.39, 0.29) is 18.9 Å². The molecule has 1 aromatic carbocycles. The van der Waals surface area contributed by atoms with Gasteiger partial charge in [0.25, 0.3) is 0 Å². The maximum absolute atomic E-state index is 11.9. The summed E-state index contributed by atoms with van der Waals surface area (Å²) in [5, 5.41) is 3.21. The monoisotopic (exact) mass is 332 g/mol. The van der Waals surface area contributed by atoms with Crippen LogP contribution >= 0.6 is 11.6 Å². The molecule has 0 bridgehead atoms.